The Hall–Kier alpha value is -0.590. The van der Waals surface area contributed by atoms with E-state index in [1.807, 2.05) is 20.9 Å². The minimum absolute atomic E-state index is 1.12. The molecule has 0 aromatic carbocycles. The van der Waals surface area contributed by atoms with Crippen LogP contribution in [-0.2, 0) is 0 Å². The van der Waals surface area contributed by atoms with E-state index in [9.17, 15) is 0 Å². The second-order valence-corrected chi connectivity index (χ2v) is 1.78. The molecule has 8 heavy (non-hydrogen) atoms. The Morgan fingerprint density at radius 3 is 2.00 bits per heavy atom. The van der Waals surface area contributed by atoms with Crippen LogP contribution in [0.4, 0.5) is 0 Å². The highest BCUT2D eigenvalue weighted by atomic mass is 14.7. The first-order chi connectivity index (χ1) is 3.72. The van der Waals surface area contributed by atoms with Crippen LogP contribution in [0.2, 0.25) is 0 Å². The third kappa shape index (κ3) is 1.92. The second kappa shape index (κ2) is 3.42. The maximum absolute atomic E-state index is 4.01. The van der Waals surface area contributed by atoms with Crippen LogP contribution in [0.3, 0.4) is 0 Å². The summed E-state index contributed by atoms with van der Waals surface area (Å²) in [6.45, 7) is 6.08. The van der Waals surface area contributed by atoms with E-state index in [0.717, 1.165) is 5.71 Å². The topological polar surface area (TPSA) is 12.4 Å². The van der Waals surface area contributed by atoms with E-state index in [-0.39, 0.29) is 0 Å². The van der Waals surface area contributed by atoms with Gasteiger partial charge >= 0.3 is 0 Å². The molecule has 1 heteroatoms. The smallest absolute Gasteiger partial charge is 0.0339 e. The van der Waals surface area contributed by atoms with Crippen molar-refractivity contribution in [2.75, 3.05) is 7.05 Å². The van der Waals surface area contributed by atoms with Gasteiger partial charge < -0.3 is 0 Å². The van der Waals surface area contributed by atoms with Gasteiger partial charge in [-0.1, -0.05) is 6.08 Å². The van der Waals surface area contributed by atoms with Gasteiger partial charge in [0.15, 0.2) is 0 Å². The Morgan fingerprint density at radius 2 is 1.88 bits per heavy atom. The van der Waals surface area contributed by atoms with Crippen molar-refractivity contribution in [3.05, 3.63) is 11.6 Å². The molecule has 0 spiro atoms. The number of nitrogens with zero attached hydrogens (tertiary/aromatic N) is 1. The van der Waals surface area contributed by atoms with E-state index in [0.29, 0.717) is 0 Å². The lowest BCUT2D eigenvalue weighted by Crippen LogP contribution is -1.90. The molecule has 0 unspecified atom stereocenters. The summed E-state index contributed by atoms with van der Waals surface area (Å²) in [6.07, 6.45) is 2.06. The standard InChI is InChI=1S/C7H13N/c1-5-6(2)7(3)8-4/h5H,1-4H3/b6-5-,8-7?. The first-order valence-corrected chi connectivity index (χ1v) is 2.79. The Kier molecular flexibility index (Phi) is 3.16. The van der Waals surface area contributed by atoms with Crippen LogP contribution in [0.1, 0.15) is 20.8 Å². The van der Waals surface area contributed by atoms with E-state index in [1.54, 1.807) is 0 Å². The van der Waals surface area contributed by atoms with Crippen molar-refractivity contribution in [3.8, 4) is 0 Å². The van der Waals surface area contributed by atoms with Gasteiger partial charge in [0.2, 0.25) is 0 Å². The van der Waals surface area contributed by atoms with Gasteiger partial charge in [0.05, 0.1) is 0 Å². The predicted molar refractivity (Wildman–Crippen MR) is 38.5 cm³/mol. The summed E-state index contributed by atoms with van der Waals surface area (Å²) < 4.78 is 0. The summed E-state index contributed by atoms with van der Waals surface area (Å²) >= 11 is 0. The lowest BCUT2D eigenvalue weighted by atomic mass is 10.2. The SMILES string of the molecule is C/C=C(/C)C(C)=NC. The second-order valence-electron chi connectivity index (χ2n) is 1.78. The highest BCUT2D eigenvalue weighted by molar-refractivity contribution is 5.97. The first kappa shape index (κ1) is 7.41. The molecule has 0 atom stereocenters. The lowest BCUT2D eigenvalue weighted by Gasteiger charge is -1.93. The molecule has 0 amide bonds. The van der Waals surface area contributed by atoms with Crippen molar-refractivity contribution in [1.29, 1.82) is 0 Å². The molecule has 0 fully saturated rings. The van der Waals surface area contributed by atoms with Crippen LogP contribution < -0.4 is 0 Å². The van der Waals surface area contributed by atoms with Crippen LogP contribution in [-0.4, -0.2) is 12.8 Å². The molecule has 0 N–H and O–H groups in total. The van der Waals surface area contributed by atoms with Gasteiger partial charge in [0.1, 0.15) is 0 Å². The molecule has 0 saturated heterocycles. The van der Waals surface area contributed by atoms with Gasteiger partial charge in [-0.2, -0.15) is 0 Å². The third-order valence-corrected chi connectivity index (χ3v) is 1.34. The van der Waals surface area contributed by atoms with Gasteiger partial charge in [-0.3, -0.25) is 4.99 Å². The van der Waals surface area contributed by atoms with Crippen LogP contribution in [0.5, 0.6) is 0 Å². The Morgan fingerprint density at radius 1 is 1.38 bits per heavy atom. The van der Waals surface area contributed by atoms with Crippen molar-refractivity contribution in [1.82, 2.24) is 0 Å². The van der Waals surface area contributed by atoms with Gasteiger partial charge in [0, 0.05) is 12.8 Å². The summed E-state index contributed by atoms with van der Waals surface area (Å²) in [5, 5.41) is 0. The number of allylic oxidation sites excluding steroid dienone is 2. The zero-order valence-electron chi connectivity index (χ0n) is 6.02. The fourth-order valence-electron chi connectivity index (χ4n) is 0.385. The molecule has 0 aliphatic rings. The summed E-state index contributed by atoms with van der Waals surface area (Å²) in [4.78, 5) is 4.01. The van der Waals surface area contributed by atoms with Crippen LogP contribution in [0, 0.1) is 0 Å². The fraction of sp³-hybridized carbons (Fsp3) is 0.571. The minimum Gasteiger partial charge on any atom is -0.293 e. The zero-order chi connectivity index (χ0) is 6.57. The summed E-state index contributed by atoms with van der Waals surface area (Å²) in [5.74, 6) is 0. The van der Waals surface area contributed by atoms with Crippen molar-refractivity contribution in [2.45, 2.75) is 20.8 Å². The molecular formula is C7H13N. The number of hydrogen-bond acceptors (Lipinski definition) is 1. The van der Waals surface area contributed by atoms with E-state index < -0.39 is 0 Å². The minimum atomic E-state index is 1.12. The molecule has 0 saturated carbocycles. The zero-order valence-corrected chi connectivity index (χ0v) is 6.02. The molecule has 0 aliphatic carbocycles. The van der Waals surface area contributed by atoms with E-state index in [2.05, 4.69) is 18.0 Å². The monoisotopic (exact) mass is 111 g/mol. The lowest BCUT2D eigenvalue weighted by molar-refractivity contribution is 1.38. The first-order valence-electron chi connectivity index (χ1n) is 2.79. The number of hydrogen-bond donors (Lipinski definition) is 0. The average molecular weight is 111 g/mol. The molecule has 0 bridgehead atoms. The van der Waals surface area contributed by atoms with Crippen LogP contribution >= 0.6 is 0 Å². The van der Waals surface area contributed by atoms with E-state index >= 15 is 0 Å². The number of aliphatic imine (C=N–C) groups is 1. The normalized spacial score (nSPS) is 14.5. The predicted octanol–water partition coefficient (Wildman–Crippen LogP) is 2.04. The summed E-state index contributed by atoms with van der Waals surface area (Å²) in [6, 6.07) is 0. The van der Waals surface area contributed by atoms with E-state index in [4.69, 9.17) is 0 Å². The molecule has 0 heterocycles. The molecule has 46 valence electrons. The molecule has 0 radical (unpaired) electrons. The molecule has 0 aromatic rings. The van der Waals surface area contributed by atoms with Crippen LogP contribution in [0.15, 0.2) is 16.6 Å². The Balaban J connectivity index is 4.04. The molecular weight excluding hydrogens is 98.1 g/mol. The third-order valence-electron chi connectivity index (χ3n) is 1.34. The average Bonchev–Trinajstić information content (AvgIpc) is 1.84. The van der Waals surface area contributed by atoms with Crippen LogP contribution in [0.25, 0.3) is 0 Å². The van der Waals surface area contributed by atoms with Gasteiger partial charge in [-0.25, -0.2) is 0 Å². The van der Waals surface area contributed by atoms with Crippen molar-refractivity contribution in [2.24, 2.45) is 4.99 Å². The molecule has 0 rings (SSSR count). The quantitative estimate of drug-likeness (QED) is 0.459. The maximum atomic E-state index is 4.01. The maximum Gasteiger partial charge on any atom is 0.0339 e. The molecule has 1 nitrogen and oxygen atoms in total. The Labute approximate surface area is 51.1 Å². The molecule has 0 aliphatic heterocycles. The number of rotatable bonds is 1. The summed E-state index contributed by atoms with van der Waals surface area (Å²) in [7, 11) is 1.81. The highest BCUT2D eigenvalue weighted by Gasteiger charge is 1.86. The van der Waals surface area contributed by atoms with Crippen molar-refractivity contribution < 1.29 is 0 Å². The van der Waals surface area contributed by atoms with Crippen molar-refractivity contribution >= 4 is 5.71 Å². The molecule has 0 aromatic heterocycles. The fourth-order valence-corrected chi connectivity index (χ4v) is 0.385. The largest absolute Gasteiger partial charge is 0.293 e. The van der Waals surface area contributed by atoms with Gasteiger partial charge in [-0.15, -0.1) is 0 Å². The highest BCUT2D eigenvalue weighted by Crippen LogP contribution is 1.93. The van der Waals surface area contributed by atoms with Crippen molar-refractivity contribution in [3.63, 3.8) is 0 Å². The van der Waals surface area contributed by atoms with E-state index in [1.165, 1.54) is 5.57 Å². The van der Waals surface area contributed by atoms with Gasteiger partial charge in [-0.05, 0) is 26.3 Å². The van der Waals surface area contributed by atoms with Gasteiger partial charge in [0.25, 0.3) is 0 Å². The Bertz CT molecular complexity index is 104. The summed E-state index contributed by atoms with van der Waals surface area (Å²) in [5.41, 5.74) is 2.38.